The molecule has 0 spiro atoms. The topological polar surface area (TPSA) is 37.3 Å². The van der Waals surface area contributed by atoms with E-state index in [-0.39, 0.29) is 0 Å². The molecule has 0 unspecified atom stereocenters. The van der Waals surface area contributed by atoms with Crippen molar-refractivity contribution in [1.29, 1.82) is 0 Å². The highest BCUT2D eigenvalue weighted by atomic mass is 16.4. The summed E-state index contributed by atoms with van der Waals surface area (Å²) in [5.41, 5.74) is 0. The van der Waals surface area contributed by atoms with Crippen LogP contribution in [0.3, 0.4) is 0 Å². The molecule has 1 N–H and O–H groups in total. The van der Waals surface area contributed by atoms with E-state index >= 15 is 0 Å². The Morgan fingerprint density at radius 3 is 1.30 bits per heavy atom. The first-order valence-corrected chi connectivity index (χ1v) is 12.0. The summed E-state index contributed by atoms with van der Waals surface area (Å²) < 4.78 is 1.15. The number of hydrogen-bond acceptors (Lipinski definition) is 1. The summed E-state index contributed by atoms with van der Waals surface area (Å²) in [4.78, 5) is 10.5. The maximum atomic E-state index is 10.5. The van der Waals surface area contributed by atoms with Crippen molar-refractivity contribution in [2.75, 3.05) is 27.2 Å². The first-order chi connectivity index (χ1) is 13.0. The van der Waals surface area contributed by atoms with Crippen molar-refractivity contribution >= 4 is 5.97 Å². The first-order valence-electron chi connectivity index (χ1n) is 12.0. The predicted octanol–water partition coefficient (Wildman–Crippen LogP) is 7.19. The second kappa shape index (κ2) is 18.8. The Hall–Kier alpha value is -0.570. The fourth-order valence-corrected chi connectivity index (χ4v) is 3.84. The van der Waals surface area contributed by atoms with Gasteiger partial charge in [-0.15, -0.1) is 0 Å². The number of nitrogens with zero attached hydrogens (tertiary/aromatic N) is 1. The normalized spacial score (nSPS) is 11.8. The number of quaternary nitrogens is 1. The van der Waals surface area contributed by atoms with Gasteiger partial charge >= 0.3 is 5.97 Å². The van der Waals surface area contributed by atoms with E-state index < -0.39 is 5.97 Å². The summed E-state index contributed by atoms with van der Waals surface area (Å²) in [6.45, 7) is 4.85. The van der Waals surface area contributed by atoms with Crippen LogP contribution in [-0.4, -0.2) is 42.7 Å². The van der Waals surface area contributed by atoms with Crippen LogP contribution < -0.4 is 0 Å². The van der Waals surface area contributed by atoms with Crippen LogP contribution in [-0.2, 0) is 4.79 Å². The average Bonchev–Trinajstić information content (AvgIpc) is 2.61. The van der Waals surface area contributed by atoms with E-state index in [0.717, 1.165) is 17.3 Å². The van der Waals surface area contributed by atoms with Crippen LogP contribution in [0.15, 0.2) is 0 Å². The lowest BCUT2D eigenvalue weighted by Gasteiger charge is -2.30. The maximum absolute atomic E-state index is 10.5. The van der Waals surface area contributed by atoms with Gasteiger partial charge in [0.15, 0.2) is 0 Å². The van der Waals surface area contributed by atoms with Crippen molar-refractivity contribution in [3.05, 3.63) is 0 Å². The Morgan fingerprint density at radius 2 is 0.926 bits per heavy atom. The summed E-state index contributed by atoms with van der Waals surface area (Å²) in [6.07, 6.45) is 23.0. The molecule has 0 aromatic carbocycles. The number of rotatable bonds is 21. The highest BCUT2D eigenvalue weighted by Crippen LogP contribution is 2.13. The lowest BCUT2D eigenvalue weighted by atomic mass is 10.1. The molecule has 0 saturated carbocycles. The van der Waals surface area contributed by atoms with Gasteiger partial charge in [-0.05, 0) is 32.1 Å². The van der Waals surface area contributed by atoms with Crippen molar-refractivity contribution in [2.45, 2.75) is 122 Å². The van der Waals surface area contributed by atoms with E-state index in [2.05, 4.69) is 21.0 Å². The molecular formula is C24H50NO2+. The van der Waals surface area contributed by atoms with Crippen molar-refractivity contribution < 1.29 is 14.4 Å². The second-order valence-corrected chi connectivity index (χ2v) is 9.18. The molecule has 0 rings (SSSR count). The van der Waals surface area contributed by atoms with Crippen molar-refractivity contribution in [1.82, 2.24) is 0 Å². The Labute approximate surface area is 170 Å². The largest absolute Gasteiger partial charge is 0.481 e. The zero-order chi connectivity index (χ0) is 20.2. The van der Waals surface area contributed by atoms with Crippen molar-refractivity contribution in [3.8, 4) is 0 Å². The Bertz CT molecular complexity index is 328. The zero-order valence-electron chi connectivity index (χ0n) is 18.9. The molecule has 27 heavy (non-hydrogen) atoms. The maximum Gasteiger partial charge on any atom is 0.303 e. The highest BCUT2D eigenvalue weighted by molar-refractivity contribution is 5.66. The van der Waals surface area contributed by atoms with E-state index in [1.54, 1.807) is 0 Å². The Kier molecular flexibility index (Phi) is 18.4. The molecule has 0 fully saturated rings. The lowest BCUT2D eigenvalue weighted by Crippen LogP contribution is -2.41. The third kappa shape index (κ3) is 21.6. The summed E-state index contributed by atoms with van der Waals surface area (Å²) in [5.74, 6) is -0.657. The molecule has 0 bridgehead atoms. The van der Waals surface area contributed by atoms with Gasteiger partial charge in [0.25, 0.3) is 0 Å². The van der Waals surface area contributed by atoms with Crippen LogP contribution in [0.2, 0.25) is 0 Å². The predicted molar refractivity (Wildman–Crippen MR) is 118 cm³/mol. The smallest absolute Gasteiger partial charge is 0.303 e. The van der Waals surface area contributed by atoms with E-state index in [4.69, 9.17) is 5.11 Å². The molecule has 0 aliphatic carbocycles. The quantitative estimate of drug-likeness (QED) is 0.168. The lowest BCUT2D eigenvalue weighted by molar-refractivity contribution is -0.890. The van der Waals surface area contributed by atoms with Crippen LogP contribution in [0, 0.1) is 0 Å². The van der Waals surface area contributed by atoms with Crippen LogP contribution in [0.5, 0.6) is 0 Å². The first kappa shape index (κ1) is 26.4. The number of carboxylic acid groups (broad SMARTS) is 1. The summed E-state index contributed by atoms with van der Waals surface area (Å²) in [7, 11) is 4.73. The molecule has 0 aromatic rings. The molecule has 0 aliphatic heterocycles. The number of aliphatic carboxylic acids is 1. The van der Waals surface area contributed by atoms with Crippen molar-refractivity contribution in [3.63, 3.8) is 0 Å². The van der Waals surface area contributed by atoms with Gasteiger partial charge in [0.05, 0.1) is 27.2 Å². The molecule has 0 radical (unpaired) electrons. The van der Waals surface area contributed by atoms with Gasteiger partial charge < -0.3 is 9.59 Å². The molecule has 162 valence electrons. The number of hydrogen-bond donors (Lipinski definition) is 1. The molecule has 0 aliphatic rings. The highest BCUT2D eigenvalue weighted by Gasteiger charge is 2.13. The molecular weight excluding hydrogens is 334 g/mol. The molecule has 0 saturated heterocycles. The Balaban J connectivity index is 3.33. The molecule has 0 amide bonds. The van der Waals surface area contributed by atoms with Crippen LogP contribution >= 0.6 is 0 Å². The van der Waals surface area contributed by atoms with Gasteiger partial charge in [-0.25, -0.2) is 0 Å². The standard InChI is InChI=1S/C24H49NO2/c1-4-5-6-7-8-9-10-11-12-13-16-19-22-25(2,3)23-20-17-14-15-18-21-24(26)27/h4-23H2,1-3H3/p+1. The zero-order valence-corrected chi connectivity index (χ0v) is 18.9. The van der Waals surface area contributed by atoms with Gasteiger partial charge in [0, 0.05) is 6.42 Å². The molecule has 0 atom stereocenters. The summed E-state index contributed by atoms with van der Waals surface area (Å²) >= 11 is 0. The number of carbonyl (C=O) groups is 1. The van der Waals surface area contributed by atoms with Gasteiger partial charge in [-0.1, -0.05) is 84.0 Å². The number of unbranched alkanes of at least 4 members (excludes halogenated alkanes) is 15. The van der Waals surface area contributed by atoms with Gasteiger partial charge in [0.2, 0.25) is 0 Å². The summed E-state index contributed by atoms with van der Waals surface area (Å²) in [5, 5.41) is 8.63. The third-order valence-electron chi connectivity index (χ3n) is 5.77. The van der Waals surface area contributed by atoms with E-state index in [9.17, 15) is 4.79 Å². The minimum atomic E-state index is -0.657. The third-order valence-corrected chi connectivity index (χ3v) is 5.77. The molecule has 3 heteroatoms. The monoisotopic (exact) mass is 384 g/mol. The van der Waals surface area contributed by atoms with Crippen LogP contribution in [0.4, 0.5) is 0 Å². The fourth-order valence-electron chi connectivity index (χ4n) is 3.84. The second-order valence-electron chi connectivity index (χ2n) is 9.18. The van der Waals surface area contributed by atoms with E-state index in [1.165, 1.54) is 109 Å². The molecule has 0 aromatic heterocycles. The van der Waals surface area contributed by atoms with Gasteiger partial charge in [-0.3, -0.25) is 4.79 Å². The van der Waals surface area contributed by atoms with Gasteiger partial charge in [0.1, 0.15) is 0 Å². The minimum Gasteiger partial charge on any atom is -0.481 e. The SMILES string of the molecule is CCCCCCCCCCCCCC[N+](C)(C)CCCCCCCC(=O)O. The number of carboxylic acids is 1. The van der Waals surface area contributed by atoms with Gasteiger partial charge in [-0.2, -0.15) is 0 Å². The van der Waals surface area contributed by atoms with E-state index in [1.807, 2.05) is 0 Å². The molecule has 3 nitrogen and oxygen atoms in total. The fraction of sp³-hybridized carbons (Fsp3) is 0.958. The van der Waals surface area contributed by atoms with Crippen LogP contribution in [0.25, 0.3) is 0 Å². The Morgan fingerprint density at radius 1 is 0.593 bits per heavy atom. The average molecular weight is 385 g/mol. The van der Waals surface area contributed by atoms with Crippen LogP contribution in [0.1, 0.15) is 122 Å². The van der Waals surface area contributed by atoms with E-state index in [0.29, 0.717) is 6.42 Å². The summed E-state index contributed by atoms with van der Waals surface area (Å²) in [6, 6.07) is 0. The molecule has 0 heterocycles. The van der Waals surface area contributed by atoms with Crippen molar-refractivity contribution in [2.24, 2.45) is 0 Å². The minimum absolute atomic E-state index is 0.334.